The first-order valence-electron chi connectivity index (χ1n) is 6.41. The Morgan fingerprint density at radius 1 is 1.28 bits per heavy atom. The molecule has 1 heterocycles. The van der Waals surface area contributed by atoms with Crippen molar-refractivity contribution in [3.63, 3.8) is 0 Å². The van der Waals surface area contributed by atoms with E-state index in [-0.39, 0.29) is 11.8 Å². The summed E-state index contributed by atoms with van der Waals surface area (Å²) in [6.07, 6.45) is 2.81. The van der Waals surface area contributed by atoms with Crippen LogP contribution in [0.1, 0.15) is 47.0 Å². The number of thioether (sulfide) groups is 1. The molecule has 0 saturated carbocycles. The van der Waals surface area contributed by atoms with Gasteiger partial charge in [0.25, 0.3) is 0 Å². The molecule has 1 amide bonds. The van der Waals surface area contributed by atoms with Gasteiger partial charge in [-0.3, -0.25) is 4.79 Å². The van der Waals surface area contributed by atoms with Crippen LogP contribution < -0.4 is 5.32 Å². The van der Waals surface area contributed by atoms with E-state index in [2.05, 4.69) is 29.4 Å². The Labute approximate surface area is 117 Å². The Morgan fingerprint density at radius 3 is 2.50 bits per heavy atom. The molecule has 0 fully saturated rings. The second-order valence-corrected chi connectivity index (χ2v) is 6.88. The molecule has 6 heteroatoms. The molecule has 18 heavy (non-hydrogen) atoms. The van der Waals surface area contributed by atoms with Crippen LogP contribution in [0.2, 0.25) is 0 Å². The second-order valence-electron chi connectivity index (χ2n) is 4.21. The summed E-state index contributed by atoms with van der Waals surface area (Å²) in [5, 5.41) is 12.1. The third-order valence-electron chi connectivity index (χ3n) is 2.87. The van der Waals surface area contributed by atoms with E-state index >= 15 is 0 Å². The highest BCUT2D eigenvalue weighted by molar-refractivity contribution is 8.01. The molecule has 1 unspecified atom stereocenters. The predicted molar refractivity (Wildman–Crippen MR) is 78.2 cm³/mol. The smallest absolute Gasteiger partial charge is 0.229 e. The first kappa shape index (κ1) is 15.4. The van der Waals surface area contributed by atoms with E-state index in [1.807, 2.05) is 13.8 Å². The van der Waals surface area contributed by atoms with Gasteiger partial charge in [0, 0.05) is 11.2 Å². The molecule has 0 spiro atoms. The molecule has 4 nitrogen and oxygen atoms in total. The molecule has 0 aliphatic rings. The fraction of sp³-hybridized carbons (Fsp3) is 0.750. The predicted octanol–water partition coefficient (Wildman–Crippen LogP) is 3.80. The van der Waals surface area contributed by atoms with Crippen LogP contribution in [0, 0.1) is 5.92 Å². The highest BCUT2D eigenvalue weighted by Gasteiger charge is 2.16. The first-order chi connectivity index (χ1) is 8.60. The van der Waals surface area contributed by atoms with Gasteiger partial charge >= 0.3 is 0 Å². The molecule has 0 saturated heterocycles. The quantitative estimate of drug-likeness (QED) is 0.612. The van der Waals surface area contributed by atoms with Gasteiger partial charge in [0.2, 0.25) is 11.0 Å². The molecule has 1 aromatic heterocycles. The second kappa shape index (κ2) is 7.74. The van der Waals surface area contributed by atoms with E-state index in [0.717, 1.165) is 23.6 Å². The van der Waals surface area contributed by atoms with Gasteiger partial charge in [-0.2, -0.15) is 0 Å². The zero-order valence-electron chi connectivity index (χ0n) is 11.4. The van der Waals surface area contributed by atoms with E-state index in [0.29, 0.717) is 10.4 Å². The molecule has 1 N–H and O–H groups in total. The number of hydrogen-bond donors (Lipinski definition) is 1. The van der Waals surface area contributed by atoms with Crippen molar-refractivity contribution in [1.82, 2.24) is 10.2 Å². The van der Waals surface area contributed by atoms with Crippen molar-refractivity contribution in [2.45, 2.75) is 56.5 Å². The molecular weight excluding hydrogens is 266 g/mol. The summed E-state index contributed by atoms with van der Waals surface area (Å²) >= 11 is 3.16. The maximum Gasteiger partial charge on any atom is 0.229 e. The summed E-state index contributed by atoms with van der Waals surface area (Å²) < 4.78 is 0.921. The zero-order valence-corrected chi connectivity index (χ0v) is 13.0. The van der Waals surface area contributed by atoms with Crippen LogP contribution in [0.4, 0.5) is 5.13 Å². The minimum Gasteiger partial charge on any atom is -0.300 e. The number of carbonyl (C=O) groups excluding carboxylic acids is 1. The number of hydrogen-bond acceptors (Lipinski definition) is 5. The van der Waals surface area contributed by atoms with Crippen LogP contribution in [-0.4, -0.2) is 21.4 Å². The van der Waals surface area contributed by atoms with Crippen LogP contribution in [-0.2, 0) is 4.79 Å². The van der Waals surface area contributed by atoms with Gasteiger partial charge in [0.05, 0.1) is 0 Å². The van der Waals surface area contributed by atoms with Crippen molar-refractivity contribution in [3.8, 4) is 0 Å². The minimum absolute atomic E-state index is 0.0521. The number of carbonyl (C=O) groups is 1. The highest BCUT2D eigenvalue weighted by atomic mass is 32.2. The van der Waals surface area contributed by atoms with Crippen molar-refractivity contribution in [1.29, 1.82) is 0 Å². The average molecular weight is 287 g/mol. The van der Waals surface area contributed by atoms with Crippen LogP contribution in [0.25, 0.3) is 0 Å². The van der Waals surface area contributed by atoms with Gasteiger partial charge in [-0.15, -0.1) is 10.2 Å². The maximum atomic E-state index is 11.9. The molecule has 102 valence electrons. The van der Waals surface area contributed by atoms with Crippen LogP contribution >= 0.6 is 23.1 Å². The van der Waals surface area contributed by atoms with Gasteiger partial charge in [-0.1, -0.05) is 50.8 Å². The third-order valence-corrected chi connectivity index (χ3v) is 5.06. The summed E-state index contributed by atoms with van der Waals surface area (Å²) in [6.45, 7) is 8.36. The van der Waals surface area contributed by atoms with Crippen molar-refractivity contribution in [2.75, 3.05) is 5.32 Å². The molecule has 1 atom stereocenters. The lowest BCUT2D eigenvalue weighted by atomic mass is 10.0. The lowest BCUT2D eigenvalue weighted by Gasteiger charge is -2.10. The highest BCUT2D eigenvalue weighted by Crippen LogP contribution is 2.30. The van der Waals surface area contributed by atoms with Gasteiger partial charge < -0.3 is 5.32 Å². The Hall–Kier alpha value is -0.620. The molecule has 0 bridgehead atoms. The summed E-state index contributed by atoms with van der Waals surface area (Å²) in [5.74, 6) is 0.121. The normalized spacial score (nSPS) is 12.7. The van der Waals surface area contributed by atoms with Crippen LogP contribution in [0.3, 0.4) is 0 Å². The molecule has 1 rings (SSSR count). The SMILES string of the molecule is CCC(C)Sc1nnc(NC(=O)C(CC)CC)s1. The van der Waals surface area contributed by atoms with Crippen molar-refractivity contribution < 1.29 is 4.79 Å². The molecule has 0 aromatic carbocycles. The summed E-state index contributed by atoms with van der Waals surface area (Å²) in [4.78, 5) is 11.9. The zero-order chi connectivity index (χ0) is 13.5. The van der Waals surface area contributed by atoms with E-state index < -0.39 is 0 Å². The van der Waals surface area contributed by atoms with Crippen LogP contribution in [0.15, 0.2) is 4.34 Å². The number of amides is 1. The van der Waals surface area contributed by atoms with Gasteiger partial charge in [-0.25, -0.2) is 0 Å². The first-order valence-corrected chi connectivity index (χ1v) is 8.11. The third kappa shape index (κ3) is 4.57. The maximum absolute atomic E-state index is 11.9. The Kier molecular flexibility index (Phi) is 6.63. The van der Waals surface area contributed by atoms with Gasteiger partial charge in [0.1, 0.15) is 0 Å². The number of rotatable bonds is 7. The summed E-state index contributed by atoms with van der Waals surface area (Å²) in [6, 6.07) is 0. The largest absolute Gasteiger partial charge is 0.300 e. The lowest BCUT2D eigenvalue weighted by molar-refractivity contribution is -0.120. The van der Waals surface area contributed by atoms with E-state index in [1.54, 1.807) is 11.8 Å². The Bertz CT molecular complexity index is 377. The lowest BCUT2D eigenvalue weighted by Crippen LogP contribution is -2.21. The van der Waals surface area contributed by atoms with E-state index in [1.165, 1.54) is 11.3 Å². The molecule has 0 radical (unpaired) electrons. The average Bonchev–Trinajstić information content (AvgIpc) is 2.77. The minimum atomic E-state index is 0.0521. The fourth-order valence-electron chi connectivity index (χ4n) is 1.43. The number of anilines is 1. The van der Waals surface area contributed by atoms with E-state index in [9.17, 15) is 4.79 Å². The standard InChI is InChI=1S/C12H21N3OS2/c1-5-8(4)17-12-15-14-11(18-12)13-10(16)9(6-2)7-3/h8-9H,5-7H2,1-4H3,(H,13,14,16). The topological polar surface area (TPSA) is 54.9 Å². The van der Waals surface area contributed by atoms with Crippen LogP contribution in [0.5, 0.6) is 0 Å². The number of aromatic nitrogens is 2. The Morgan fingerprint density at radius 2 is 1.94 bits per heavy atom. The van der Waals surface area contributed by atoms with Crippen molar-refractivity contribution >= 4 is 34.1 Å². The summed E-state index contributed by atoms with van der Waals surface area (Å²) in [7, 11) is 0. The summed E-state index contributed by atoms with van der Waals surface area (Å²) in [5.41, 5.74) is 0. The number of nitrogens with zero attached hydrogens (tertiary/aromatic N) is 2. The van der Waals surface area contributed by atoms with Gasteiger partial charge in [0.15, 0.2) is 4.34 Å². The van der Waals surface area contributed by atoms with Crippen molar-refractivity contribution in [3.05, 3.63) is 0 Å². The van der Waals surface area contributed by atoms with Crippen molar-refractivity contribution in [2.24, 2.45) is 5.92 Å². The molecular formula is C12H21N3OS2. The fourth-order valence-corrected chi connectivity index (χ4v) is 3.43. The Balaban J connectivity index is 2.55. The molecule has 1 aromatic rings. The number of nitrogens with one attached hydrogen (secondary N) is 1. The van der Waals surface area contributed by atoms with E-state index in [4.69, 9.17) is 0 Å². The van der Waals surface area contributed by atoms with Gasteiger partial charge in [-0.05, 0) is 19.3 Å². The molecule has 0 aliphatic heterocycles. The molecule has 0 aliphatic carbocycles. The monoisotopic (exact) mass is 287 g/mol.